The number of hydrogen-bond donors (Lipinski definition) is 2. The molecular weight excluding hydrogens is 254 g/mol. The Morgan fingerprint density at radius 1 is 1.35 bits per heavy atom. The highest BCUT2D eigenvalue weighted by Crippen LogP contribution is 2.28. The fourth-order valence-electron chi connectivity index (χ4n) is 2.80. The van der Waals surface area contributed by atoms with E-state index in [1.165, 1.54) is 0 Å². The highest BCUT2D eigenvalue weighted by atomic mass is 16.1. The van der Waals surface area contributed by atoms with Gasteiger partial charge in [0.25, 0.3) is 0 Å². The topological polar surface area (TPSA) is 84.1 Å². The highest BCUT2D eigenvalue weighted by molar-refractivity contribution is 5.74. The van der Waals surface area contributed by atoms with Crippen molar-refractivity contribution in [2.75, 3.05) is 30.4 Å². The van der Waals surface area contributed by atoms with Gasteiger partial charge in [-0.15, -0.1) is 0 Å². The summed E-state index contributed by atoms with van der Waals surface area (Å²) in [5.41, 5.74) is 6.34. The summed E-state index contributed by atoms with van der Waals surface area (Å²) in [6.45, 7) is 5.77. The zero-order valence-electron chi connectivity index (χ0n) is 12.4. The average molecular weight is 277 g/mol. The van der Waals surface area contributed by atoms with Gasteiger partial charge in [0.05, 0.1) is 0 Å². The van der Waals surface area contributed by atoms with Crippen LogP contribution in [-0.2, 0) is 4.79 Å². The SMILES string of the molecule is CNc1nc(C)nc(N2CCC(CC(N)=O)CC2)c1C. The van der Waals surface area contributed by atoms with Crippen molar-refractivity contribution < 1.29 is 4.79 Å². The van der Waals surface area contributed by atoms with Crippen molar-refractivity contribution in [2.45, 2.75) is 33.1 Å². The minimum Gasteiger partial charge on any atom is -0.373 e. The molecule has 1 aliphatic rings. The number of primary amides is 1. The minimum atomic E-state index is -0.199. The van der Waals surface area contributed by atoms with Gasteiger partial charge in [-0.25, -0.2) is 9.97 Å². The second-order valence-electron chi connectivity index (χ2n) is 5.42. The first kappa shape index (κ1) is 14.6. The number of aromatic nitrogens is 2. The summed E-state index contributed by atoms with van der Waals surface area (Å²) in [5.74, 6) is 2.87. The number of anilines is 2. The molecule has 110 valence electrons. The molecule has 6 heteroatoms. The lowest BCUT2D eigenvalue weighted by atomic mass is 9.93. The summed E-state index contributed by atoms with van der Waals surface area (Å²) in [7, 11) is 1.87. The Balaban J connectivity index is 2.10. The van der Waals surface area contributed by atoms with Crippen LogP contribution in [0, 0.1) is 19.8 Å². The lowest BCUT2D eigenvalue weighted by molar-refractivity contribution is -0.119. The normalized spacial score (nSPS) is 16.2. The number of nitrogens with two attached hydrogens (primary N) is 1. The Morgan fingerprint density at radius 2 is 2.00 bits per heavy atom. The molecule has 6 nitrogen and oxygen atoms in total. The van der Waals surface area contributed by atoms with Gasteiger partial charge in [0.15, 0.2) is 0 Å². The molecule has 1 aromatic heterocycles. The number of nitrogens with zero attached hydrogens (tertiary/aromatic N) is 3. The van der Waals surface area contributed by atoms with Crippen LogP contribution in [-0.4, -0.2) is 36.0 Å². The number of rotatable bonds is 4. The first-order valence-corrected chi connectivity index (χ1v) is 7.07. The predicted molar refractivity (Wildman–Crippen MR) is 79.8 cm³/mol. The quantitative estimate of drug-likeness (QED) is 0.864. The van der Waals surface area contributed by atoms with Crippen LogP contribution in [0.3, 0.4) is 0 Å². The number of nitrogens with one attached hydrogen (secondary N) is 1. The molecule has 1 aromatic rings. The van der Waals surface area contributed by atoms with Crippen LogP contribution in [0.1, 0.15) is 30.7 Å². The standard InChI is InChI=1S/C14H23N5O/c1-9-13(16-3)17-10(2)18-14(9)19-6-4-11(5-7-19)8-12(15)20/h11H,4-8H2,1-3H3,(H2,15,20)(H,16,17,18). The summed E-state index contributed by atoms with van der Waals surface area (Å²) >= 11 is 0. The molecule has 0 aromatic carbocycles. The molecule has 1 fully saturated rings. The third-order valence-corrected chi connectivity index (χ3v) is 3.87. The van der Waals surface area contributed by atoms with E-state index >= 15 is 0 Å². The van der Waals surface area contributed by atoms with Gasteiger partial charge in [0.2, 0.25) is 5.91 Å². The van der Waals surface area contributed by atoms with E-state index in [-0.39, 0.29) is 5.91 Å². The maximum absolute atomic E-state index is 11.0. The van der Waals surface area contributed by atoms with Gasteiger partial charge in [-0.05, 0) is 32.6 Å². The lowest BCUT2D eigenvalue weighted by Gasteiger charge is -2.33. The molecule has 0 bridgehead atoms. The largest absolute Gasteiger partial charge is 0.373 e. The zero-order valence-corrected chi connectivity index (χ0v) is 12.4. The Morgan fingerprint density at radius 3 is 2.55 bits per heavy atom. The summed E-state index contributed by atoms with van der Waals surface area (Å²) < 4.78 is 0. The number of hydrogen-bond acceptors (Lipinski definition) is 5. The average Bonchev–Trinajstić information content (AvgIpc) is 2.41. The molecule has 0 saturated carbocycles. The van der Waals surface area contributed by atoms with Crippen molar-refractivity contribution in [3.63, 3.8) is 0 Å². The molecule has 0 unspecified atom stereocenters. The third-order valence-electron chi connectivity index (χ3n) is 3.87. The van der Waals surface area contributed by atoms with Gasteiger partial charge in [0.1, 0.15) is 17.5 Å². The van der Waals surface area contributed by atoms with Gasteiger partial charge >= 0.3 is 0 Å². The Kier molecular flexibility index (Phi) is 4.42. The maximum atomic E-state index is 11.0. The Labute approximate surface area is 119 Å². The molecule has 0 radical (unpaired) electrons. The van der Waals surface area contributed by atoms with Crippen LogP contribution in [0.5, 0.6) is 0 Å². The van der Waals surface area contributed by atoms with E-state index in [0.717, 1.165) is 49.0 Å². The number of carbonyl (C=O) groups excluding carboxylic acids is 1. The zero-order chi connectivity index (χ0) is 14.7. The molecule has 1 saturated heterocycles. The molecule has 0 atom stereocenters. The van der Waals surface area contributed by atoms with E-state index in [9.17, 15) is 4.79 Å². The van der Waals surface area contributed by atoms with Gasteiger partial charge in [-0.2, -0.15) is 0 Å². The van der Waals surface area contributed by atoms with Crippen LogP contribution in [0.25, 0.3) is 0 Å². The minimum absolute atomic E-state index is 0.199. The monoisotopic (exact) mass is 277 g/mol. The molecule has 0 spiro atoms. The third kappa shape index (κ3) is 3.18. The van der Waals surface area contributed by atoms with Gasteiger partial charge in [-0.1, -0.05) is 0 Å². The molecule has 1 amide bonds. The van der Waals surface area contributed by atoms with Crippen molar-refractivity contribution in [3.05, 3.63) is 11.4 Å². The Bertz CT molecular complexity index is 495. The second-order valence-corrected chi connectivity index (χ2v) is 5.42. The molecule has 3 N–H and O–H groups in total. The highest BCUT2D eigenvalue weighted by Gasteiger charge is 2.23. The van der Waals surface area contributed by atoms with Gasteiger partial charge in [-0.3, -0.25) is 4.79 Å². The number of piperidine rings is 1. The van der Waals surface area contributed by atoms with E-state index < -0.39 is 0 Å². The van der Waals surface area contributed by atoms with Crippen molar-refractivity contribution in [1.82, 2.24) is 9.97 Å². The van der Waals surface area contributed by atoms with E-state index in [1.807, 2.05) is 20.9 Å². The van der Waals surface area contributed by atoms with Crippen LogP contribution in [0.15, 0.2) is 0 Å². The maximum Gasteiger partial charge on any atom is 0.217 e. The number of amides is 1. The van der Waals surface area contributed by atoms with E-state index in [1.54, 1.807) is 0 Å². The van der Waals surface area contributed by atoms with Crippen molar-refractivity contribution in [1.29, 1.82) is 0 Å². The Hall–Kier alpha value is -1.85. The van der Waals surface area contributed by atoms with E-state index in [2.05, 4.69) is 20.2 Å². The molecule has 2 heterocycles. The number of aryl methyl sites for hydroxylation is 1. The first-order valence-electron chi connectivity index (χ1n) is 7.07. The number of carbonyl (C=O) groups is 1. The molecule has 1 aliphatic heterocycles. The van der Waals surface area contributed by atoms with E-state index in [4.69, 9.17) is 5.73 Å². The van der Waals surface area contributed by atoms with Crippen LogP contribution in [0.4, 0.5) is 11.6 Å². The van der Waals surface area contributed by atoms with Crippen molar-refractivity contribution >= 4 is 17.5 Å². The van der Waals surface area contributed by atoms with Crippen molar-refractivity contribution in [3.8, 4) is 0 Å². The lowest BCUT2D eigenvalue weighted by Crippen LogP contribution is -2.36. The van der Waals surface area contributed by atoms with Crippen LogP contribution >= 0.6 is 0 Å². The van der Waals surface area contributed by atoms with Gasteiger partial charge in [0, 0.05) is 32.1 Å². The van der Waals surface area contributed by atoms with Gasteiger partial charge < -0.3 is 16.0 Å². The molecular formula is C14H23N5O. The summed E-state index contributed by atoms with van der Waals surface area (Å²) in [6.07, 6.45) is 2.47. The van der Waals surface area contributed by atoms with Crippen molar-refractivity contribution in [2.24, 2.45) is 11.7 Å². The van der Waals surface area contributed by atoms with E-state index in [0.29, 0.717) is 12.3 Å². The smallest absolute Gasteiger partial charge is 0.217 e. The van der Waals surface area contributed by atoms with Crippen LogP contribution < -0.4 is 16.0 Å². The predicted octanol–water partition coefficient (Wildman–Crippen LogP) is 1.23. The summed E-state index contributed by atoms with van der Waals surface area (Å²) in [5, 5.41) is 3.11. The molecule has 20 heavy (non-hydrogen) atoms. The molecule has 2 rings (SSSR count). The van der Waals surface area contributed by atoms with Crippen LogP contribution in [0.2, 0.25) is 0 Å². The summed E-state index contributed by atoms with van der Waals surface area (Å²) in [6, 6.07) is 0. The first-order chi connectivity index (χ1) is 9.51. The second kappa shape index (κ2) is 6.07. The fraction of sp³-hybridized carbons (Fsp3) is 0.643. The summed E-state index contributed by atoms with van der Waals surface area (Å²) in [4.78, 5) is 22.2. The molecule has 0 aliphatic carbocycles. The fourth-order valence-corrected chi connectivity index (χ4v) is 2.80.